The molecule has 7 heteroatoms. The number of rotatable bonds is 5. The minimum atomic E-state index is -0.462. The quantitative estimate of drug-likeness (QED) is 0.309. The monoisotopic (exact) mass is 378 g/mol. The number of H-pyrrole nitrogens is 1. The van der Waals surface area contributed by atoms with E-state index in [1.165, 1.54) is 6.33 Å². The predicted octanol–water partition coefficient (Wildman–Crippen LogP) is 4.24. The maximum Gasteiger partial charge on any atom is 0.226 e. The number of aliphatic hydroxyl groups excluding tert-OH is 1. The average Bonchev–Trinajstić information content (AvgIpc) is 3.31. The smallest absolute Gasteiger partial charge is 0.226 e. The fraction of sp³-hybridized carbons (Fsp3) is 0.0500. The largest absolute Gasteiger partial charge is 0.507 e. The number of benzene rings is 2. The van der Waals surface area contributed by atoms with Crippen molar-refractivity contribution in [2.75, 3.05) is 0 Å². The highest BCUT2D eigenvalue weighted by Crippen LogP contribution is 2.29. The highest BCUT2D eigenvalue weighted by molar-refractivity contribution is 6.31. The Hall–Kier alpha value is -3.38. The third kappa shape index (κ3) is 3.47. The number of fused-ring (bicyclic) bond motifs is 1. The van der Waals surface area contributed by atoms with Crippen molar-refractivity contribution in [1.82, 2.24) is 19.7 Å². The molecule has 0 saturated heterocycles. The second kappa shape index (κ2) is 7.09. The Bertz CT molecular complexity index is 1130. The molecule has 4 rings (SSSR count). The van der Waals surface area contributed by atoms with Gasteiger partial charge in [0, 0.05) is 40.3 Å². The van der Waals surface area contributed by atoms with E-state index in [4.69, 9.17) is 11.6 Å². The van der Waals surface area contributed by atoms with Crippen molar-refractivity contribution >= 4 is 34.0 Å². The molecular formula is C20H15ClN4O2. The molecule has 134 valence electrons. The molecule has 2 aromatic heterocycles. The minimum absolute atomic E-state index is 0.0626. The van der Waals surface area contributed by atoms with Crippen LogP contribution in [0.1, 0.15) is 21.7 Å². The maximum absolute atomic E-state index is 12.2. The van der Waals surface area contributed by atoms with E-state index < -0.39 is 5.78 Å². The highest BCUT2D eigenvalue weighted by atomic mass is 35.5. The molecule has 0 aliphatic heterocycles. The topological polar surface area (TPSA) is 83.8 Å². The first-order chi connectivity index (χ1) is 13.1. The van der Waals surface area contributed by atoms with Gasteiger partial charge in [0.1, 0.15) is 12.1 Å². The average molecular weight is 379 g/mol. The van der Waals surface area contributed by atoms with Gasteiger partial charge < -0.3 is 9.67 Å². The molecular weight excluding hydrogens is 364 g/mol. The van der Waals surface area contributed by atoms with E-state index in [0.29, 0.717) is 17.1 Å². The Kier molecular flexibility index (Phi) is 4.48. The Morgan fingerprint density at radius 1 is 1.22 bits per heavy atom. The number of aromatic nitrogens is 4. The molecule has 0 saturated carbocycles. The van der Waals surface area contributed by atoms with Crippen LogP contribution >= 0.6 is 11.6 Å². The summed E-state index contributed by atoms with van der Waals surface area (Å²) in [5.41, 5.74) is 2.55. The van der Waals surface area contributed by atoms with Crippen LogP contribution in [0.15, 0.2) is 67.1 Å². The molecule has 0 spiro atoms. The summed E-state index contributed by atoms with van der Waals surface area (Å²) in [5.74, 6) is -0.556. The van der Waals surface area contributed by atoms with E-state index in [2.05, 4.69) is 15.2 Å². The van der Waals surface area contributed by atoms with Crippen molar-refractivity contribution in [3.63, 3.8) is 0 Å². The normalized spacial score (nSPS) is 11.8. The molecule has 4 aromatic rings. The van der Waals surface area contributed by atoms with Crippen molar-refractivity contribution in [1.29, 1.82) is 0 Å². The van der Waals surface area contributed by atoms with Crippen LogP contribution in [0.3, 0.4) is 0 Å². The van der Waals surface area contributed by atoms with Crippen LogP contribution in [0.4, 0.5) is 0 Å². The van der Waals surface area contributed by atoms with Crippen LogP contribution in [0.5, 0.6) is 0 Å². The molecule has 6 nitrogen and oxygen atoms in total. The van der Waals surface area contributed by atoms with Gasteiger partial charge in [0.25, 0.3) is 0 Å². The highest BCUT2D eigenvalue weighted by Gasteiger charge is 2.15. The van der Waals surface area contributed by atoms with Gasteiger partial charge in [0.2, 0.25) is 5.78 Å². The maximum atomic E-state index is 12.2. The lowest BCUT2D eigenvalue weighted by Crippen LogP contribution is -1.99. The molecule has 0 aliphatic rings. The fourth-order valence-corrected chi connectivity index (χ4v) is 3.15. The zero-order valence-electron chi connectivity index (χ0n) is 14.1. The van der Waals surface area contributed by atoms with E-state index in [-0.39, 0.29) is 11.6 Å². The molecule has 27 heavy (non-hydrogen) atoms. The first kappa shape index (κ1) is 17.1. The van der Waals surface area contributed by atoms with Gasteiger partial charge in [-0.2, -0.15) is 5.10 Å². The number of halogens is 1. The number of nitrogens with zero attached hydrogens (tertiary/aromatic N) is 3. The summed E-state index contributed by atoms with van der Waals surface area (Å²) in [6, 6.07) is 15.5. The first-order valence-electron chi connectivity index (χ1n) is 8.25. The van der Waals surface area contributed by atoms with Gasteiger partial charge in [-0.3, -0.25) is 9.89 Å². The fourth-order valence-electron chi connectivity index (χ4n) is 2.98. The summed E-state index contributed by atoms with van der Waals surface area (Å²) >= 11 is 6.15. The summed E-state index contributed by atoms with van der Waals surface area (Å²) in [5, 5.41) is 18.0. The Morgan fingerprint density at radius 3 is 2.78 bits per heavy atom. The Balaban J connectivity index is 1.78. The van der Waals surface area contributed by atoms with Crippen molar-refractivity contribution in [2.45, 2.75) is 6.54 Å². The lowest BCUT2D eigenvalue weighted by Gasteiger charge is -2.05. The molecule has 0 fully saturated rings. The second-order valence-corrected chi connectivity index (χ2v) is 6.48. The SMILES string of the molecule is O=C(/C=C(/O)c1cn(Cc2ccccc2)c2ccc(Cl)cc12)c1ncn[nH]1. The number of nitrogens with one attached hydrogen (secondary N) is 1. The van der Waals surface area contributed by atoms with E-state index in [0.717, 1.165) is 22.5 Å². The molecule has 0 amide bonds. The molecule has 0 unspecified atom stereocenters. The first-order valence-corrected chi connectivity index (χ1v) is 8.62. The van der Waals surface area contributed by atoms with E-state index in [9.17, 15) is 9.90 Å². The van der Waals surface area contributed by atoms with Gasteiger partial charge >= 0.3 is 0 Å². The molecule has 0 radical (unpaired) electrons. The second-order valence-electron chi connectivity index (χ2n) is 6.05. The number of aromatic amines is 1. The predicted molar refractivity (Wildman–Crippen MR) is 104 cm³/mol. The molecule has 2 N–H and O–H groups in total. The van der Waals surface area contributed by atoms with Crippen molar-refractivity contribution in [3.8, 4) is 0 Å². The number of allylic oxidation sites excluding steroid dienone is 1. The zero-order valence-corrected chi connectivity index (χ0v) is 14.9. The van der Waals surface area contributed by atoms with Gasteiger partial charge in [-0.05, 0) is 23.8 Å². The van der Waals surface area contributed by atoms with E-state index in [1.54, 1.807) is 12.1 Å². The Morgan fingerprint density at radius 2 is 2.04 bits per heavy atom. The van der Waals surface area contributed by atoms with Crippen LogP contribution in [0, 0.1) is 0 Å². The van der Waals surface area contributed by atoms with Crippen LogP contribution in [-0.4, -0.2) is 30.6 Å². The summed E-state index contributed by atoms with van der Waals surface area (Å²) in [7, 11) is 0. The Labute approximate surface area is 159 Å². The summed E-state index contributed by atoms with van der Waals surface area (Å²) in [6.45, 7) is 0.627. The van der Waals surface area contributed by atoms with Crippen LogP contribution in [-0.2, 0) is 6.54 Å². The number of hydrogen-bond acceptors (Lipinski definition) is 4. The summed E-state index contributed by atoms with van der Waals surface area (Å²) < 4.78 is 2.01. The number of carbonyl (C=O) groups excluding carboxylic acids is 1. The standard InChI is InChI=1S/C20H15ClN4O2/c21-14-6-7-17-15(8-14)16(11-25(17)10-13-4-2-1-3-5-13)18(26)9-19(27)20-22-12-23-24-20/h1-9,11-12,26H,10H2,(H,22,23,24)/b18-9+. The molecule has 2 aromatic carbocycles. The van der Waals surface area contributed by atoms with Crippen molar-refractivity contribution < 1.29 is 9.90 Å². The van der Waals surface area contributed by atoms with Crippen LogP contribution < -0.4 is 0 Å². The van der Waals surface area contributed by atoms with Gasteiger partial charge in [0.05, 0.1) is 0 Å². The van der Waals surface area contributed by atoms with Gasteiger partial charge in [-0.15, -0.1) is 0 Å². The zero-order chi connectivity index (χ0) is 18.8. The number of hydrogen-bond donors (Lipinski definition) is 2. The molecule has 0 bridgehead atoms. The van der Waals surface area contributed by atoms with E-state index in [1.807, 2.05) is 47.2 Å². The minimum Gasteiger partial charge on any atom is -0.507 e. The van der Waals surface area contributed by atoms with E-state index >= 15 is 0 Å². The van der Waals surface area contributed by atoms with Gasteiger partial charge in [0.15, 0.2) is 5.82 Å². The molecule has 0 aliphatic carbocycles. The number of carbonyl (C=O) groups is 1. The molecule has 2 heterocycles. The van der Waals surface area contributed by atoms with Crippen LogP contribution in [0.2, 0.25) is 5.02 Å². The lowest BCUT2D eigenvalue weighted by molar-refractivity contribution is 0.103. The van der Waals surface area contributed by atoms with Crippen molar-refractivity contribution in [3.05, 3.63) is 89.1 Å². The summed E-state index contributed by atoms with van der Waals surface area (Å²) in [6.07, 6.45) is 4.18. The number of ketones is 1. The lowest BCUT2D eigenvalue weighted by atomic mass is 10.1. The van der Waals surface area contributed by atoms with Gasteiger partial charge in [-0.25, -0.2) is 4.98 Å². The third-order valence-corrected chi connectivity index (χ3v) is 4.47. The number of aliphatic hydroxyl groups is 1. The summed E-state index contributed by atoms with van der Waals surface area (Å²) in [4.78, 5) is 16.0. The van der Waals surface area contributed by atoms with Crippen molar-refractivity contribution in [2.24, 2.45) is 0 Å². The third-order valence-electron chi connectivity index (χ3n) is 4.23. The molecule has 0 atom stereocenters. The van der Waals surface area contributed by atoms with Crippen LogP contribution in [0.25, 0.3) is 16.7 Å². The van der Waals surface area contributed by atoms with Gasteiger partial charge in [-0.1, -0.05) is 41.9 Å².